The van der Waals surface area contributed by atoms with Gasteiger partial charge in [0.2, 0.25) is 0 Å². The van der Waals surface area contributed by atoms with E-state index in [9.17, 15) is 22.8 Å². The number of aromatic nitrogens is 1. The summed E-state index contributed by atoms with van der Waals surface area (Å²) in [7, 11) is -2.99. The number of pyridine rings is 1. The second-order valence-corrected chi connectivity index (χ2v) is 7.52. The van der Waals surface area contributed by atoms with Crippen LogP contribution in [0.4, 0.5) is 0 Å². The van der Waals surface area contributed by atoms with Crippen LogP contribution in [0.25, 0.3) is 0 Å². The molecule has 30 heavy (non-hydrogen) atoms. The van der Waals surface area contributed by atoms with Crippen LogP contribution in [0.2, 0.25) is 0 Å². The van der Waals surface area contributed by atoms with Crippen molar-refractivity contribution in [3.63, 3.8) is 0 Å². The molecule has 2 rings (SSSR count). The molecule has 1 aromatic heterocycles. The second kappa shape index (κ2) is 10.5. The van der Waals surface area contributed by atoms with E-state index in [1.54, 1.807) is 0 Å². The third-order valence-corrected chi connectivity index (χ3v) is 5.16. The van der Waals surface area contributed by atoms with Gasteiger partial charge in [0.1, 0.15) is 5.69 Å². The summed E-state index contributed by atoms with van der Waals surface area (Å²) in [6.45, 7) is 3.08. The number of carbonyl (C=O) groups is 3. The van der Waals surface area contributed by atoms with Gasteiger partial charge >= 0.3 is 5.97 Å². The minimum absolute atomic E-state index is 0.0213. The van der Waals surface area contributed by atoms with Crippen molar-refractivity contribution in [3.8, 4) is 0 Å². The van der Waals surface area contributed by atoms with Crippen molar-refractivity contribution in [1.29, 1.82) is 0 Å². The molecule has 0 unspecified atom stereocenters. The number of nitrogens with one attached hydrogen (secondary N) is 2. The van der Waals surface area contributed by atoms with Gasteiger partial charge in [-0.15, -0.1) is 0 Å². The van der Waals surface area contributed by atoms with E-state index >= 15 is 0 Å². The van der Waals surface area contributed by atoms with E-state index < -0.39 is 21.9 Å². The minimum atomic E-state index is -4.18. The van der Waals surface area contributed by atoms with Crippen LogP contribution in [0, 0.1) is 0 Å². The maximum absolute atomic E-state index is 12.4. The van der Waals surface area contributed by atoms with Gasteiger partial charge in [-0.05, 0) is 43.3 Å². The lowest BCUT2D eigenvalue weighted by atomic mass is 10.2. The number of amides is 2. The standard InChI is InChI=1S/C19H21N3O7S/c1-3-29-11-10-20-17(23)13-4-7-15(8-5-13)30(26,27)22-18(24)14-6-9-16(21-12-14)19(25)28-2/h4-9,12H,3,10-11H2,1-2H3,(H,20,23)(H,22,24). The monoisotopic (exact) mass is 435 g/mol. The fraction of sp³-hybridized carbons (Fsp3) is 0.263. The first-order valence-corrected chi connectivity index (χ1v) is 10.3. The topological polar surface area (TPSA) is 141 Å². The highest BCUT2D eigenvalue weighted by Crippen LogP contribution is 2.12. The zero-order chi connectivity index (χ0) is 22.1. The van der Waals surface area contributed by atoms with Crippen molar-refractivity contribution >= 4 is 27.8 Å². The highest BCUT2D eigenvalue weighted by Gasteiger charge is 2.20. The van der Waals surface area contributed by atoms with Crippen LogP contribution in [0.15, 0.2) is 47.5 Å². The second-order valence-electron chi connectivity index (χ2n) is 5.84. The van der Waals surface area contributed by atoms with Crippen molar-refractivity contribution in [2.75, 3.05) is 26.9 Å². The summed E-state index contributed by atoms with van der Waals surface area (Å²) in [5.41, 5.74) is 0.183. The SMILES string of the molecule is CCOCCNC(=O)c1ccc(S(=O)(=O)NC(=O)c2ccc(C(=O)OC)nc2)cc1. The zero-order valence-corrected chi connectivity index (χ0v) is 17.2. The van der Waals surface area contributed by atoms with Gasteiger partial charge in [-0.25, -0.2) is 22.9 Å². The van der Waals surface area contributed by atoms with Crippen molar-refractivity contribution < 1.29 is 32.3 Å². The molecule has 160 valence electrons. The molecule has 2 amide bonds. The van der Waals surface area contributed by atoms with Crippen LogP contribution in [0.1, 0.15) is 38.1 Å². The maximum Gasteiger partial charge on any atom is 0.356 e. The number of hydrogen-bond donors (Lipinski definition) is 2. The van der Waals surface area contributed by atoms with Gasteiger partial charge in [0.05, 0.1) is 24.2 Å². The summed E-state index contributed by atoms with van der Waals surface area (Å²) in [5.74, 6) is -1.98. The molecule has 2 aromatic rings. The normalized spacial score (nSPS) is 10.9. The zero-order valence-electron chi connectivity index (χ0n) is 16.4. The first kappa shape index (κ1) is 23.0. The Kier molecular flexibility index (Phi) is 8.01. The average molecular weight is 435 g/mol. The van der Waals surface area contributed by atoms with Crippen molar-refractivity contribution in [3.05, 3.63) is 59.4 Å². The lowest BCUT2D eigenvalue weighted by Crippen LogP contribution is -2.31. The van der Waals surface area contributed by atoms with Gasteiger partial charge < -0.3 is 14.8 Å². The predicted molar refractivity (Wildman–Crippen MR) is 105 cm³/mol. The summed E-state index contributed by atoms with van der Waals surface area (Å²) < 4.78 is 36.4. The molecule has 0 spiro atoms. The first-order valence-electron chi connectivity index (χ1n) is 8.86. The number of esters is 1. The summed E-state index contributed by atoms with van der Waals surface area (Å²) in [6, 6.07) is 7.59. The number of carbonyl (C=O) groups excluding carboxylic acids is 3. The molecule has 0 bridgehead atoms. The number of methoxy groups -OCH3 is 1. The molecule has 10 nitrogen and oxygen atoms in total. The molecular formula is C19H21N3O7S. The lowest BCUT2D eigenvalue weighted by molar-refractivity contribution is 0.0593. The quantitative estimate of drug-likeness (QED) is 0.434. The number of nitrogens with zero attached hydrogens (tertiary/aromatic N) is 1. The van der Waals surface area contributed by atoms with Gasteiger partial charge in [0, 0.05) is 24.9 Å². The van der Waals surface area contributed by atoms with Gasteiger partial charge in [-0.3, -0.25) is 9.59 Å². The fourth-order valence-corrected chi connectivity index (χ4v) is 3.24. The van der Waals surface area contributed by atoms with Gasteiger partial charge in [0.15, 0.2) is 0 Å². The molecule has 0 aliphatic carbocycles. The number of hydrogen-bond acceptors (Lipinski definition) is 8. The Bertz CT molecular complexity index is 1000. The third-order valence-electron chi connectivity index (χ3n) is 3.81. The molecule has 0 radical (unpaired) electrons. The largest absolute Gasteiger partial charge is 0.464 e. The minimum Gasteiger partial charge on any atom is -0.464 e. The molecule has 0 aliphatic rings. The highest BCUT2D eigenvalue weighted by atomic mass is 32.2. The van der Waals surface area contributed by atoms with E-state index in [4.69, 9.17) is 4.74 Å². The third kappa shape index (κ3) is 6.09. The number of sulfonamides is 1. The summed E-state index contributed by atoms with van der Waals surface area (Å²) in [4.78, 5) is 39.1. The molecule has 1 aromatic carbocycles. The van der Waals surface area contributed by atoms with Crippen LogP contribution in [0.5, 0.6) is 0 Å². The Morgan fingerprint density at radius 3 is 2.23 bits per heavy atom. The van der Waals surface area contributed by atoms with E-state index in [1.807, 2.05) is 11.6 Å². The summed E-state index contributed by atoms with van der Waals surface area (Å²) in [5, 5.41) is 2.64. The Morgan fingerprint density at radius 1 is 1.00 bits per heavy atom. The highest BCUT2D eigenvalue weighted by molar-refractivity contribution is 7.90. The predicted octanol–water partition coefficient (Wildman–Crippen LogP) is 0.753. The summed E-state index contributed by atoms with van der Waals surface area (Å²) >= 11 is 0. The van der Waals surface area contributed by atoms with Gasteiger partial charge in [0.25, 0.3) is 21.8 Å². The van der Waals surface area contributed by atoms with Gasteiger partial charge in [-0.2, -0.15) is 0 Å². The summed E-state index contributed by atoms with van der Waals surface area (Å²) in [6.07, 6.45) is 1.06. The van der Waals surface area contributed by atoms with Crippen LogP contribution < -0.4 is 10.0 Å². The van der Waals surface area contributed by atoms with Crippen LogP contribution >= 0.6 is 0 Å². The Labute approximate surface area is 173 Å². The molecule has 2 N–H and O–H groups in total. The fourth-order valence-electron chi connectivity index (χ4n) is 2.26. The van der Waals surface area contributed by atoms with E-state index in [0.29, 0.717) is 19.8 Å². The van der Waals surface area contributed by atoms with Crippen molar-refractivity contribution in [2.24, 2.45) is 0 Å². The lowest BCUT2D eigenvalue weighted by Gasteiger charge is -2.09. The molecule has 0 aliphatic heterocycles. The van der Waals surface area contributed by atoms with E-state index in [2.05, 4.69) is 15.0 Å². The molecule has 0 atom stereocenters. The van der Waals surface area contributed by atoms with Crippen molar-refractivity contribution in [1.82, 2.24) is 15.0 Å². The van der Waals surface area contributed by atoms with Gasteiger partial charge in [-0.1, -0.05) is 0 Å². The molecule has 0 saturated carbocycles. The molecule has 0 fully saturated rings. The Hall–Kier alpha value is -3.31. The van der Waals surface area contributed by atoms with E-state index in [-0.39, 0.29) is 27.6 Å². The number of ether oxygens (including phenoxy) is 2. The average Bonchev–Trinajstić information content (AvgIpc) is 2.76. The number of rotatable bonds is 9. The Balaban J connectivity index is 2.03. The van der Waals surface area contributed by atoms with Crippen molar-refractivity contribution in [2.45, 2.75) is 11.8 Å². The van der Waals surface area contributed by atoms with Crippen LogP contribution in [-0.4, -0.2) is 58.1 Å². The maximum atomic E-state index is 12.4. The molecule has 1 heterocycles. The molecule has 0 saturated heterocycles. The van der Waals surface area contributed by atoms with E-state index in [0.717, 1.165) is 6.20 Å². The Morgan fingerprint density at radius 2 is 1.67 bits per heavy atom. The van der Waals surface area contributed by atoms with Crippen LogP contribution in [0.3, 0.4) is 0 Å². The van der Waals surface area contributed by atoms with Crippen LogP contribution in [-0.2, 0) is 19.5 Å². The number of benzene rings is 1. The first-order chi connectivity index (χ1) is 14.3. The molecular weight excluding hydrogens is 414 g/mol. The smallest absolute Gasteiger partial charge is 0.356 e. The molecule has 11 heteroatoms. The van der Waals surface area contributed by atoms with E-state index in [1.165, 1.54) is 43.5 Å².